The SMILES string of the molecule is Cn1c(CN2CCCC2)nnc1[C@H]1CCCN(Cc2ncc[nH]2)C1. The van der Waals surface area contributed by atoms with Gasteiger partial charge in [-0.2, -0.15) is 0 Å². The van der Waals surface area contributed by atoms with E-state index >= 15 is 0 Å². The van der Waals surface area contributed by atoms with E-state index in [4.69, 9.17) is 0 Å². The molecule has 4 rings (SSSR count). The number of hydrogen-bond acceptors (Lipinski definition) is 5. The van der Waals surface area contributed by atoms with Gasteiger partial charge in [-0.25, -0.2) is 4.98 Å². The van der Waals surface area contributed by atoms with Crippen molar-refractivity contribution in [2.24, 2.45) is 7.05 Å². The molecule has 7 heteroatoms. The maximum absolute atomic E-state index is 4.55. The molecule has 2 saturated heterocycles. The smallest absolute Gasteiger partial charge is 0.146 e. The van der Waals surface area contributed by atoms with Crippen LogP contribution in [0.25, 0.3) is 0 Å². The summed E-state index contributed by atoms with van der Waals surface area (Å²) in [6, 6.07) is 0. The molecule has 7 nitrogen and oxygen atoms in total. The van der Waals surface area contributed by atoms with Crippen LogP contribution in [0.4, 0.5) is 0 Å². The minimum absolute atomic E-state index is 0.471. The molecule has 0 unspecified atom stereocenters. The third-order valence-corrected chi connectivity index (χ3v) is 5.36. The molecule has 0 spiro atoms. The van der Waals surface area contributed by atoms with E-state index in [1.807, 2.05) is 12.4 Å². The normalized spacial score (nSPS) is 23.1. The average Bonchev–Trinajstić information content (AvgIpc) is 3.33. The molecule has 0 saturated carbocycles. The second kappa shape index (κ2) is 7.03. The van der Waals surface area contributed by atoms with E-state index in [1.165, 1.54) is 38.8 Å². The molecule has 0 aromatic carbocycles. The first-order chi connectivity index (χ1) is 11.8. The minimum atomic E-state index is 0.471. The van der Waals surface area contributed by atoms with Crippen LogP contribution >= 0.6 is 0 Å². The Bertz CT molecular complexity index is 642. The first kappa shape index (κ1) is 15.8. The van der Waals surface area contributed by atoms with Crippen LogP contribution in [0, 0.1) is 0 Å². The van der Waals surface area contributed by atoms with Gasteiger partial charge in [-0.15, -0.1) is 10.2 Å². The molecular formula is C17H27N7. The lowest BCUT2D eigenvalue weighted by Gasteiger charge is -2.31. The zero-order valence-corrected chi connectivity index (χ0v) is 14.5. The van der Waals surface area contributed by atoms with Gasteiger partial charge in [-0.1, -0.05) is 0 Å². The van der Waals surface area contributed by atoms with Crippen LogP contribution in [0.3, 0.4) is 0 Å². The van der Waals surface area contributed by atoms with Crippen molar-refractivity contribution in [3.8, 4) is 0 Å². The van der Waals surface area contributed by atoms with Crippen LogP contribution in [-0.4, -0.2) is 60.7 Å². The van der Waals surface area contributed by atoms with Crippen LogP contribution in [0.1, 0.15) is 49.1 Å². The van der Waals surface area contributed by atoms with Gasteiger partial charge in [0.25, 0.3) is 0 Å². The summed E-state index contributed by atoms with van der Waals surface area (Å²) in [6.45, 7) is 6.39. The van der Waals surface area contributed by atoms with Crippen molar-refractivity contribution in [2.75, 3.05) is 26.2 Å². The fourth-order valence-corrected chi connectivity index (χ4v) is 4.02. The molecule has 0 amide bonds. The highest BCUT2D eigenvalue weighted by atomic mass is 15.3. The Morgan fingerprint density at radius 3 is 2.71 bits per heavy atom. The van der Waals surface area contributed by atoms with Crippen molar-refractivity contribution < 1.29 is 0 Å². The van der Waals surface area contributed by atoms with Crippen LogP contribution in [-0.2, 0) is 20.1 Å². The third kappa shape index (κ3) is 3.37. The van der Waals surface area contributed by atoms with Crippen molar-refractivity contribution in [3.63, 3.8) is 0 Å². The van der Waals surface area contributed by atoms with Gasteiger partial charge in [0.2, 0.25) is 0 Å². The molecule has 0 bridgehead atoms. The summed E-state index contributed by atoms with van der Waals surface area (Å²) in [4.78, 5) is 12.5. The molecular weight excluding hydrogens is 302 g/mol. The molecule has 0 aliphatic carbocycles. The number of aromatic amines is 1. The highest BCUT2D eigenvalue weighted by molar-refractivity contribution is 5.04. The molecule has 2 fully saturated rings. The Kier molecular flexibility index (Phi) is 4.62. The monoisotopic (exact) mass is 329 g/mol. The lowest BCUT2D eigenvalue weighted by atomic mass is 9.97. The maximum atomic E-state index is 4.55. The first-order valence-corrected chi connectivity index (χ1v) is 9.11. The molecule has 4 heterocycles. The van der Waals surface area contributed by atoms with Crippen molar-refractivity contribution in [1.82, 2.24) is 34.5 Å². The Labute approximate surface area is 143 Å². The second-order valence-corrected chi connectivity index (χ2v) is 7.13. The van der Waals surface area contributed by atoms with Gasteiger partial charge in [-0.3, -0.25) is 9.80 Å². The van der Waals surface area contributed by atoms with E-state index in [0.717, 1.165) is 43.7 Å². The summed E-state index contributed by atoms with van der Waals surface area (Å²) >= 11 is 0. The zero-order valence-electron chi connectivity index (χ0n) is 14.5. The van der Waals surface area contributed by atoms with Crippen LogP contribution in [0.2, 0.25) is 0 Å². The number of H-pyrrole nitrogens is 1. The van der Waals surface area contributed by atoms with E-state index in [9.17, 15) is 0 Å². The average molecular weight is 329 g/mol. The predicted octanol–water partition coefficient (Wildman–Crippen LogP) is 1.51. The molecule has 1 N–H and O–H groups in total. The lowest BCUT2D eigenvalue weighted by Crippen LogP contribution is -2.35. The van der Waals surface area contributed by atoms with Crippen molar-refractivity contribution in [3.05, 3.63) is 29.9 Å². The Hall–Kier alpha value is -1.73. The Morgan fingerprint density at radius 2 is 1.92 bits per heavy atom. The topological polar surface area (TPSA) is 65.9 Å². The van der Waals surface area contributed by atoms with Gasteiger partial charge in [-0.05, 0) is 45.3 Å². The summed E-state index contributed by atoms with van der Waals surface area (Å²) in [6.07, 6.45) is 8.75. The van der Waals surface area contributed by atoms with Crippen LogP contribution in [0.15, 0.2) is 12.4 Å². The fourth-order valence-electron chi connectivity index (χ4n) is 4.02. The van der Waals surface area contributed by atoms with E-state index in [-0.39, 0.29) is 0 Å². The third-order valence-electron chi connectivity index (χ3n) is 5.36. The Balaban J connectivity index is 1.42. The molecule has 2 aliphatic heterocycles. The number of piperidine rings is 1. The highest BCUT2D eigenvalue weighted by Crippen LogP contribution is 2.26. The number of likely N-dealkylation sites (tertiary alicyclic amines) is 2. The molecule has 2 aromatic heterocycles. The van der Waals surface area contributed by atoms with E-state index in [2.05, 4.69) is 41.6 Å². The van der Waals surface area contributed by atoms with Crippen LogP contribution < -0.4 is 0 Å². The Morgan fingerprint density at radius 1 is 1.08 bits per heavy atom. The molecule has 0 radical (unpaired) electrons. The molecule has 24 heavy (non-hydrogen) atoms. The van der Waals surface area contributed by atoms with Gasteiger partial charge >= 0.3 is 0 Å². The van der Waals surface area contributed by atoms with Crippen molar-refractivity contribution >= 4 is 0 Å². The summed E-state index contributed by atoms with van der Waals surface area (Å²) in [7, 11) is 2.13. The maximum Gasteiger partial charge on any atom is 0.146 e. The number of nitrogens with one attached hydrogen (secondary N) is 1. The molecule has 1 atom stereocenters. The first-order valence-electron chi connectivity index (χ1n) is 9.11. The molecule has 2 aliphatic rings. The number of aromatic nitrogens is 5. The predicted molar refractivity (Wildman–Crippen MR) is 91.4 cm³/mol. The number of nitrogens with zero attached hydrogens (tertiary/aromatic N) is 6. The largest absolute Gasteiger partial charge is 0.348 e. The van der Waals surface area contributed by atoms with Crippen LogP contribution in [0.5, 0.6) is 0 Å². The number of hydrogen-bond donors (Lipinski definition) is 1. The van der Waals surface area contributed by atoms with Gasteiger partial charge in [0.05, 0.1) is 13.1 Å². The summed E-state index contributed by atoms with van der Waals surface area (Å²) in [5, 5.41) is 9.04. The summed E-state index contributed by atoms with van der Waals surface area (Å²) < 4.78 is 2.24. The number of imidazole rings is 1. The lowest BCUT2D eigenvalue weighted by molar-refractivity contribution is 0.191. The van der Waals surface area contributed by atoms with E-state index < -0.39 is 0 Å². The highest BCUT2D eigenvalue weighted by Gasteiger charge is 2.26. The van der Waals surface area contributed by atoms with Gasteiger partial charge in [0, 0.05) is 31.9 Å². The fraction of sp³-hybridized carbons (Fsp3) is 0.706. The van der Waals surface area contributed by atoms with E-state index in [0.29, 0.717) is 5.92 Å². The quantitative estimate of drug-likeness (QED) is 0.901. The molecule has 2 aromatic rings. The summed E-state index contributed by atoms with van der Waals surface area (Å²) in [5.74, 6) is 3.77. The van der Waals surface area contributed by atoms with E-state index in [1.54, 1.807) is 0 Å². The zero-order chi connectivity index (χ0) is 16.4. The van der Waals surface area contributed by atoms with Gasteiger partial charge < -0.3 is 9.55 Å². The summed E-state index contributed by atoms with van der Waals surface area (Å²) in [5.41, 5.74) is 0. The van der Waals surface area contributed by atoms with Gasteiger partial charge in [0.1, 0.15) is 17.5 Å². The number of rotatable bonds is 5. The molecule has 130 valence electrons. The minimum Gasteiger partial charge on any atom is -0.348 e. The van der Waals surface area contributed by atoms with Crippen molar-refractivity contribution in [1.29, 1.82) is 0 Å². The van der Waals surface area contributed by atoms with Gasteiger partial charge in [0.15, 0.2) is 0 Å². The second-order valence-electron chi connectivity index (χ2n) is 7.13. The standard InChI is InChI=1S/C17H27N7/c1-22-16(13-23-8-2-3-9-23)20-21-17(22)14-5-4-10-24(11-14)12-15-18-6-7-19-15/h6-7,14H,2-5,8-13H2,1H3,(H,18,19)/t14-/m0/s1. The van der Waals surface area contributed by atoms with Crippen molar-refractivity contribution in [2.45, 2.75) is 44.7 Å².